The highest BCUT2D eigenvalue weighted by Crippen LogP contribution is 2.08. The van der Waals surface area contributed by atoms with Crippen molar-refractivity contribution in [3.63, 3.8) is 0 Å². The summed E-state index contributed by atoms with van der Waals surface area (Å²) < 4.78 is 21.4. The molecular weight excluding hydrogens is 240 g/mol. The monoisotopic (exact) mass is 262 g/mol. The molecule has 0 aromatic heterocycles. The molecule has 0 aromatic rings. The van der Waals surface area contributed by atoms with Gasteiger partial charge in [-0.1, -0.05) is 6.08 Å². The van der Waals surface area contributed by atoms with Crippen LogP contribution in [0.4, 0.5) is 0 Å². The van der Waals surface area contributed by atoms with Crippen molar-refractivity contribution in [2.24, 2.45) is 0 Å². The largest absolute Gasteiger partial charge is 0.497 e. The maximum absolute atomic E-state index is 11.0. The summed E-state index contributed by atoms with van der Waals surface area (Å²) in [5, 5.41) is 0. The molecule has 0 spiro atoms. The van der Waals surface area contributed by atoms with Gasteiger partial charge in [0.15, 0.2) is 0 Å². The quantitative estimate of drug-likeness (QED) is 0.274. The third-order valence-electron chi connectivity index (χ3n) is 1.81. The number of allylic oxidation sites excluding steroid dienone is 1. The minimum absolute atomic E-state index is 0.200. The first-order valence-electron chi connectivity index (χ1n) is 5.79. The molecule has 0 bridgehead atoms. The van der Waals surface area contributed by atoms with Gasteiger partial charge in [-0.05, 0) is 20.8 Å². The predicted octanol–water partition coefficient (Wildman–Crippen LogP) is 1.76. The number of carbonyl (C=O) groups is 1. The van der Waals surface area contributed by atoms with Crippen molar-refractivity contribution in [3.8, 4) is 0 Å². The summed E-state index contributed by atoms with van der Waals surface area (Å²) in [5.74, 6) is -0.368. The Hall–Kier alpha value is -0.693. The van der Waals surface area contributed by atoms with Gasteiger partial charge in [-0.2, -0.15) is 0 Å². The molecule has 0 radical (unpaired) electrons. The topological polar surface area (TPSA) is 54.0 Å². The van der Waals surface area contributed by atoms with Crippen LogP contribution in [0.15, 0.2) is 12.2 Å². The van der Waals surface area contributed by atoms with Crippen LogP contribution in [0.5, 0.6) is 0 Å². The zero-order valence-electron chi connectivity index (χ0n) is 11.0. The molecule has 0 unspecified atom stereocenters. The first kappa shape index (κ1) is 16.3. The number of esters is 1. The van der Waals surface area contributed by atoms with Gasteiger partial charge in [-0.3, -0.25) is 0 Å². The van der Waals surface area contributed by atoms with Crippen LogP contribution in [0.2, 0.25) is 6.55 Å². The van der Waals surface area contributed by atoms with E-state index < -0.39 is 8.80 Å². The van der Waals surface area contributed by atoms with Gasteiger partial charge in [0, 0.05) is 25.8 Å². The maximum Gasteiger partial charge on any atom is 0.497 e. The van der Waals surface area contributed by atoms with E-state index in [0.29, 0.717) is 13.2 Å². The summed E-state index contributed by atoms with van der Waals surface area (Å²) in [5.41, 5.74) is 0. The molecule has 6 heteroatoms. The molecule has 100 valence electrons. The molecule has 0 atom stereocenters. The van der Waals surface area contributed by atoms with E-state index in [0.717, 1.165) is 0 Å². The Balaban J connectivity index is 3.86. The zero-order chi connectivity index (χ0) is 13.1. The second-order valence-electron chi connectivity index (χ2n) is 3.24. The summed E-state index contributed by atoms with van der Waals surface area (Å²) in [7, 11) is -2.55. The number of hydrogen-bond donors (Lipinski definition) is 0. The fraction of sp³-hybridized carbons (Fsp3) is 0.727. The van der Waals surface area contributed by atoms with E-state index in [2.05, 4.69) is 0 Å². The van der Waals surface area contributed by atoms with Crippen LogP contribution in [0.3, 0.4) is 0 Å². The molecule has 0 aliphatic rings. The molecule has 0 rings (SSSR count). The lowest BCUT2D eigenvalue weighted by Gasteiger charge is -2.24. The van der Waals surface area contributed by atoms with Gasteiger partial charge in [0.05, 0.1) is 6.61 Å². The van der Waals surface area contributed by atoms with E-state index in [9.17, 15) is 4.79 Å². The van der Waals surface area contributed by atoms with Crippen molar-refractivity contribution in [3.05, 3.63) is 12.2 Å². The van der Waals surface area contributed by atoms with Crippen LogP contribution in [0.25, 0.3) is 0 Å². The van der Waals surface area contributed by atoms with Gasteiger partial charge < -0.3 is 18.0 Å². The average molecular weight is 262 g/mol. The molecule has 0 amide bonds. The number of rotatable bonds is 9. The summed E-state index contributed by atoms with van der Waals surface area (Å²) in [6.45, 7) is 8.93. The lowest BCUT2D eigenvalue weighted by molar-refractivity contribution is -0.138. The van der Waals surface area contributed by atoms with Crippen LogP contribution in [-0.2, 0) is 22.8 Å². The normalized spacial score (nSPS) is 12.0. The summed E-state index contributed by atoms with van der Waals surface area (Å²) in [6.07, 6.45) is 2.99. The first-order valence-corrected chi connectivity index (χ1v) is 8.01. The van der Waals surface area contributed by atoms with Gasteiger partial charge in [-0.15, -0.1) is 0 Å². The zero-order valence-corrected chi connectivity index (χ0v) is 12.0. The minimum Gasteiger partial charge on any atom is -0.460 e. The Morgan fingerprint density at radius 2 is 1.71 bits per heavy atom. The molecule has 0 heterocycles. The van der Waals surface area contributed by atoms with Crippen LogP contribution in [-0.4, -0.2) is 41.2 Å². The van der Waals surface area contributed by atoms with Crippen LogP contribution >= 0.6 is 0 Å². The predicted molar refractivity (Wildman–Crippen MR) is 66.6 cm³/mol. The third-order valence-corrected chi connectivity index (χ3v) is 4.16. The molecular formula is C11H22O5Si. The highest BCUT2D eigenvalue weighted by Gasteiger charge is 2.33. The van der Waals surface area contributed by atoms with Crippen LogP contribution in [0.1, 0.15) is 20.8 Å². The van der Waals surface area contributed by atoms with Crippen molar-refractivity contribution in [2.75, 3.05) is 26.4 Å². The Morgan fingerprint density at radius 1 is 1.12 bits per heavy atom. The second-order valence-corrected chi connectivity index (χ2v) is 5.84. The Kier molecular flexibility index (Phi) is 8.97. The lowest BCUT2D eigenvalue weighted by Crippen LogP contribution is -2.43. The van der Waals surface area contributed by atoms with Gasteiger partial charge in [0.1, 0.15) is 6.61 Å². The van der Waals surface area contributed by atoms with Gasteiger partial charge in [0.2, 0.25) is 0 Å². The Morgan fingerprint density at radius 3 is 2.18 bits per heavy atom. The standard InChI is InChI=1S/C11H22O5Si/c1-5-8-11(12)13-9-10-16-17(4,14-6-2)15-7-3/h5,8H,6-7,9-10H2,1-4H3. The van der Waals surface area contributed by atoms with E-state index in [4.69, 9.17) is 18.0 Å². The number of ether oxygens (including phenoxy) is 1. The van der Waals surface area contributed by atoms with Crippen molar-refractivity contribution >= 4 is 14.8 Å². The van der Waals surface area contributed by atoms with Crippen molar-refractivity contribution < 1.29 is 22.8 Å². The van der Waals surface area contributed by atoms with Crippen LogP contribution < -0.4 is 0 Å². The lowest BCUT2D eigenvalue weighted by atomic mass is 10.5. The van der Waals surface area contributed by atoms with E-state index in [1.54, 1.807) is 13.0 Å². The molecule has 0 aromatic carbocycles. The highest BCUT2D eigenvalue weighted by molar-refractivity contribution is 6.59. The van der Waals surface area contributed by atoms with E-state index in [-0.39, 0.29) is 19.2 Å². The maximum atomic E-state index is 11.0. The number of carbonyl (C=O) groups excluding carboxylic acids is 1. The van der Waals surface area contributed by atoms with Gasteiger partial charge in [0.25, 0.3) is 0 Å². The fourth-order valence-electron chi connectivity index (χ4n) is 1.20. The molecule has 17 heavy (non-hydrogen) atoms. The highest BCUT2D eigenvalue weighted by atomic mass is 28.4. The van der Waals surface area contributed by atoms with Gasteiger partial charge >= 0.3 is 14.8 Å². The summed E-state index contributed by atoms with van der Waals surface area (Å²) in [4.78, 5) is 11.0. The van der Waals surface area contributed by atoms with E-state index >= 15 is 0 Å². The van der Waals surface area contributed by atoms with Crippen molar-refractivity contribution in [2.45, 2.75) is 27.3 Å². The second kappa shape index (κ2) is 9.35. The fourth-order valence-corrected chi connectivity index (χ4v) is 2.96. The molecule has 0 aliphatic heterocycles. The third kappa shape index (κ3) is 8.09. The molecule has 0 saturated carbocycles. The molecule has 0 fully saturated rings. The van der Waals surface area contributed by atoms with Crippen LogP contribution in [0, 0.1) is 0 Å². The summed E-state index contributed by atoms with van der Waals surface area (Å²) >= 11 is 0. The SMILES string of the molecule is CC=CC(=O)OCCO[Si](C)(OCC)OCC. The molecule has 0 N–H and O–H groups in total. The van der Waals surface area contributed by atoms with E-state index in [1.165, 1.54) is 6.08 Å². The first-order chi connectivity index (χ1) is 8.08. The average Bonchev–Trinajstić information content (AvgIpc) is 2.26. The molecule has 5 nitrogen and oxygen atoms in total. The van der Waals surface area contributed by atoms with Gasteiger partial charge in [-0.25, -0.2) is 4.79 Å². The van der Waals surface area contributed by atoms with E-state index in [1.807, 2.05) is 20.4 Å². The smallest absolute Gasteiger partial charge is 0.460 e. The molecule has 0 aliphatic carbocycles. The molecule has 0 saturated heterocycles. The Labute approximate surface area is 104 Å². The van der Waals surface area contributed by atoms with Crippen molar-refractivity contribution in [1.82, 2.24) is 0 Å². The number of hydrogen-bond acceptors (Lipinski definition) is 5. The Bertz CT molecular complexity index is 236. The minimum atomic E-state index is -2.55. The van der Waals surface area contributed by atoms with Crippen molar-refractivity contribution in [1.29, 1.82) is 0 Å². The summed E-state index contributed by atoms with van der Waals surface area (Å²) in [6, 6.07) is 0.